The van der Waals surface area contributed by atoms with Gasteiger partial charge in [0, 0.05) is 38.2 Å². The summed E-state index contributed by atoms with van der Waals surface area (Å²) in [6.45, 7) is 14.4. The molecule has 1 N–H and O–H groups in total. The third kappa shape index (κ3) is 4.44. The summed E-state index contributed by atoms with van der Waals surface area (Å²) in [7, 11) is 0. The van der Waals surface area contributed by atoms with E-state index in [4.69, 9.17) is 0 Å². The molecule has 1 unspecified atom stereocenters. The summed E-state index contributed by atoms with van der Waals surface area (Å²) in [5.41, 5.74) is -0.710. The molecule has 0 saturated carbocycles. The van der Waals surface area contributed by atoms with Gasteiger partial charge in [0.2, 0.25) is 0 Å². The Bertz CT molecular complexity index is 217. The first-order valence-electron chi connectivity index (χ1n) is 4.80. The van der Waals surface area contributed by atoms with Crippen LogP contribution in [0.2, 0.25) is 0 Å². The molecule has 89 valence electrons. The van der Waals surface area contributed by atoms with Crippen LogP contribution in [0.3, 0.4) is 0 Å². The predicted octanol–water partition coefficient (Wildman–Crippen LogP) is 0.135. The van der Waals surface area contributed by atoms with Crippen molar-refractivity contribution < 1.29 is 96.1 Å². The summed E-state index contributed by atoms with van der Waals surface area (Å²) in [6, 6.07) is 0. The second-order valence-corrected chi connectivity index (χ2v) is 5.53. The van der Waals surface area contributed by atoms with Crippen molar-refractivity contribution in [3.8, 4) is 0 Å². The van der Waals surface area contributed by atoms with Crippen LogP contribution in [0.4, 0.5) is 0 Å². The van der Waals surface area contributed by atoms with Gasteiger partial charge in [0.15, 0.2) is 0 Å². The summed E-state index contributed by atoms with van der Waals surface area (Å²) < 4.78 is 0. The van der Waals surface area contributed by atoms with Crippen molar-refractivity contribution in [3.63, 3.8) is 0 Å². The predicted molar refractivity (Wildman–Crippen MR) is 60.6 cm³/mol. The standard InChI is InChI=1S/C11H21NO.CH3.Rb.Y/c1-9(2)7-8-10(3,4)12(13)11(9,5)6;;;/h7,13H,5,8H2,1-4,6H3;1H3;;/q-2;-1;+1;. The number of rotatable bonds is 0. The van der Waals surface area contributed by atoms with Gasteiger partial charge in [-0.2, -0.15) is 11.8 Å². The quantitative estimate of drug-likeness (QED) is 0.611. The number of hydrogen-bond acceptors (Lipinski definition) is 2. The van der Waals surface area contributed by atoms with E-state index in [-0.39, 0.29) is 109 Å². The zero-order chi connectivity index (χ0) is 10.5. The Labute approximate surface area is 176 Å². The molecule has 1 atom stereocenters. The summed E-state index contributed by atoms with van der Waals surface area (Å²) >= 11 is 0. The van der Waals surface area contributed by atoms with Gasteiger partial charge in [0.05, 0.1) is 0 Å². The van der Waals surface area contributed by atoms with Crippen LogP contribution in [0.15, 0.2) is 0 Å². The molecule has 0 spiro atoms. The Balaban J connectivity index is -0.000000563. The minimum Gasteiger partial charge on any atom is -0.358 e. The molecule has 16 heavy (non-hydrogen) atoms. The van der Waals surface area contributed by atoms with Crippen molar-refractivity contribution >= 4 is 0 Å². The van der Waals surface area contributed by atoms with E-state index < -0.39 is 5.54 Å². The molecule has 0 aromatic carbocycles. The topological polar surface area (TPSA) is 23.5 Å². The van der Waals surface area contributed by atoms with Crippen molar-refractivity contribution in [1.82, 2.24) is 5.06 Å². The number of hydroxylamine groups is 2. The Hall–Kier alpha value is 2.83. The van der Waals surface area contributed by atoms with Gasteiger partial charge in [0.25, 0.3) is 0 Å². The van der Waals surface area contributed by atoms with Gasteiger partial charge in [-0.25, -0.2) is 5.06 Å². The van der Waals surface area contributed by atoms with E-state index in [1.165, 1.54) is 5.06 Å². The van der Waals surface area contributed by atoms with E-state index in [1.54, 1.807) is 0 Å². The third-order valence-corrected chi connectivity index (χ3v) is 3.54. The van der Waals surface area contributed by atoms with Crippen LogP contribution in [0, 0.1) is 26.2 Å². The fourth-order valence-electron chi connectivity index (χ4n) is 1.75. The fourth-order valence-corrected chi connectivity index (χ4v) is 1.75. The van der Waals surface area contributed by atoms with E-state index >= 15 is 0 Å². The fraction of sp³-hybridized carbons (Fsp3) is 0.750. The molecule has 1 saturated heterocycles. The molecule has 1 heterocycles. The minimum atomic E-state index is -0.450. The van der Waals surface area contributed by atoms with E-state index in [2.05, 4.69) is 27.2 Å². The second kappa shape index (κ2) is 7.57. The van der Waals surface area contributed by atoms with Crippen LogP contribution in [0.1, 0.15) is 41.0 Å². The van der Waals surface area contributed by atoms with Crippen LogP contribution in [0.25, 0.3) is 0 Å². The van der Waals surface area contributed by atoms with Gasteiger partial charge < -0.3 is 26.0 Å². The van der Waals surface area contributed by atoms with Gasteiger partial charge in [-0.3, -0.25) is 0 Å². The average Bonchev–Trinajstić information content (AvgIpc) is 1.97. The minimum absolute atomic E-state index is 0. The van der Waals surface area contributed by atoms with Crippen LogP contribution >= 0.6 is 0 Å². The molecule has 1 rings (SSSR count). The second-order valence-electron chi connectivity index (χ2n) is 5.53. The molecular formula is C12H24NORbY-2. The maximum Gasteiger partial charge on any atom is 1.00 e. The molecule has 0 aliphatic carbocycles. The molecule has 0 aromatic heterocycles. The molecule has 1 aliphatic heterocycles. The number of nitrogens with zero attached hydrogens (tertiary/aromatic N) is 1. The summed E-state index contributed by atoms with van der Waals surface area (Å²) in [5, 5.41) is 11.5. The van der Waals surface area contributed by atoms with E-state index in [0.717, 1.165) is 6.42 Å². The summed E-state index contributed by atoms with van der Waals surface area (Å²) in [5.74, 6) is 0. The first-order valence-corrected chi connectivity index (χ1v) is 4.80. The Kier molecular flexibility index (Phi) is 11.3. The molecule has 0 bridgehead atoms. The monoisotopic (exact) mass is 372 g/mol. The Morgan fingerprint density at radius 1 is 1.19 bits per heavy atom. The smallest absolute Gasteiger partial charge is 0.358 e. The SMILES string of the molecule is [CH2-]C1(C)N(O)C(C)(C)C[CH-]C1(C)C.[CH3-].[Rb+].[Y]. The number of hydrogen-bond donors (Lipinski definition) is 1. The van der Waals surface area contributed by atoms with E-state index in [0.29, 0.717) is 0 Å². The zero-order valence-corrected chi connectivity index (χ0v) is 19.7. The molecular weight excluding hydrogens is 349 g/mol. The molecule has 0 amide bonds. The van der Waals surface area contributed by atoms with Crippen LogP contribution < -0.4 is 58.2 Å². The van der Waals surface area contributed by atoms with Crippen LogP contribution in [-0.4, -0.2) is 21.3 Å². The van der Waals surface area contributed by atoms with E-state index in [9.17, 15) is 5.21 Å². The van der Waals surface area contributed by atoms with Gasteiger partial charge in [-0.15, -0.1) is 5.54 Å². The molecule has 1 radical (unpaired) electrons. The van der Waals surface area contributed by atoms with Crippen molar-refractivity contribution in [2.24, 2.45) is 5.41 Å². The third-order valence-electron chi connectivity index (χ3n) is 3.54. The van der Waals surface area contributed by atoms with Crippen LogP contribution in [-0.2, 0) is 32.7 Å². The first-order chi connectivity index (χ1) is 5.61. The average molecular weight is 373 g/mol. The maximum atomic E-state index is 10.1. The van der Waals surface area contributed by atoms with Crippen LogP contribution in [0.5, 0.6) is 0 Å². The van der Waals surface area contributed by atoms with Crippen molar-refractivity contribution in [2.45, 2.75) is 52.1 Å². The van der Waals surface area contributed by atoms with Gasteiger partial charge in [0.1, 0.15) is 0 Å². The molecule has 4 heteroatoms. The van der Waals surface area contributed by atoms with Gasteiger partial charge in [-0.05, 0) is 13.8 Å². The Morgan fingerprint density at radius 2 is 1.56 bits per heavy atom. The van der Waals surface area contributed by atoms with Crippen molar-refractivity contribution in [3.05, 3.63) is 20.8 Å². The molecule has 0 aromatic rings. The Morgan fingerprint density at radius 3 is 1.88 bits per heavy atom. The summed E-state index contributed by atoms with van der Waals surface area (Å²) in [4.78, 5) is 0. The molecule has 1 fully saturated rings. The number of piperidine rings is 1. The largest absolute Gasteiger partial charge is 1.00 e. The van der Waals surface area contributed by atoms with Gasteiger partial charge >= 0.3 is 58.2 Å². The van der Waals surface area contributed by atoms with Crippen molar-refractivity contribution in [1.29, 1.82) is 0 Å². The zero-order valence-electron chi connectivity index (χ0n) is 12.0. The summed E-state index contributed by atoms with van der Waals surface area (Å²) in [6.07, 6.45) is 3.15. The first kappa shape index (κ1) is 23.9. The van der Waals surface area contributed by atoms with Crippen molar-refractivity contribution in [2.75, 3.05) is 0 Å². The maximum absolute atomic E-state index is 10.1. The van der Waals surface area contributed by atoms with E-state index in [1.807, 2.05) is 20.8 Å². The van der Waals surface area contributed by atoms with Gasteiger partial charge in [-0.1, -0.05) is 20.8 Å². The molecule has 2 nitrogen and oxygen atoms in total. The normalized spacial score (nSPS) is 31.7. The molecule has 1 aliphatic rings.